The molecular weight excluding hydrogens is 359 g/mol. The van der Waals surface area contributed by atoms with E-state index in [0.717, 1.165) is 27.6 Å². The van der Waals surface area contributed by atoms with Gasteiger partial charge in [0, 0.05) is 23.2 Å². The first kappa shape index (κ1) is 17.3. The minimum absolute atomic E-state index is 0.206. The Labute approximate surface area is 154 Å². The summed E-state index contributed by atoms with van der Waals surface area (Å²) in [5.41, 5.74) is 1.67. The summed E-state index contributed by atoms with van der Waals surface area (Å²) in [7, 11) is 1.63. The Kier molecular flexibility index (Phi) is 5.22. The molecule has 0 spiro atoms. The standard InChI is InChI=1S/C10H8ClNO.C9H6ClNO/c1-13-7-2-3-10-8(6-7)9(11)4-5-12-10;10-8-3-4-11-9-2-1-6(12)5-7(8)9/h2-6H,1H3;1-5,12H. The molecule has 2 aromatic heterocycles. The number of rotatable bonds is 1. The first-order valence-corrected chi connectivity index (χ1v) is 8.15. The van der Waals surface area contributed by atoms with Gasteiger partial charge in [0.1, 0.15) is 11.5 Å². The van der Waals surface area contributed by atoms with Crippen molar-refractivity contribution in [3.63, 3.8) is 0 Å². The molecule has 0 radical (unpaired) electrons. The Morgan fingerprint density at radius 3 is 1.96 bits per heavy atom. The van der Waals surface area contributed by atoms with Gasteiger partial charge in [-0.2, -0.15) is 0 Å². The van der Waals surface area contributed by atoms with Crippen molar-refractivity contribution in [1.29, 1.82) is 0 Å². The molecule has 0 amide bonds. The number of benzene rings is 2. The number of phenolic OH excluding ortho intramolecular Hbond substituents is 1. The highest BCUT2D eigenvalue weighted by Gasteiger charge is 2.01. The Morgan fingerprint density at radius 2 is 1.36 bits per heavy atom. The van der Waals surface area contributed by atoms with E-state index in [4.69, 9.17) is 33.0 Å². The van der Waals surface area contributed by atoms with Crippen molar-refractivity contribution >= 4 is 45.0 Å². The topological polar surface area (TPSA) is 55.2 Å². The molecule has 1 N–H and O–H groups in total. The molecule has 25 heavy (non-hydrogen) atoms. The Hall–Kier alpha value is -2.56. The molecule has 0 bridgehead atoms. The highest BCUT2D eigenvalue weighted by Crippen LogP contribution is 2.25. The van der Waals surface area contributed by atoms with Gasteiger partial charge in [-0.1, -0.05) is 23.2 Å². The van der Waals surface area contributed by atoms with Crippen LogP contribution in [0.25, 0.3) is 21.8 Å². The average Bonchev–Trinajstić information content (AvgIpc) is 2.63. The maximum atomic E-state index is 9.17. The number of methoxy groups -OCH3 is 1. The maximum absolute atomic E-state index is 9.17. The lowest BCUT2D eigenvalue weighted by atomic mass is 10.2. The molecule has 126 valence electrons. The molecule has 0 atom stereocenters. The monoisotopic (exact) mass is 372 g/mol. The molecule has 0 aliphatic rings. The third kappa shape index (κ3) is 3.92. The summed E-state index contributed by atoms with van der Waals surface area (Å²) in [5, 5.41) is 12.2. The molecule has 0 fully saturated rings. The lowest BCUT2D eigenvalue weighted by molar-refractivity contribution is 0.415. The van der Waals surface area contributed by atoms with Gasteiger partial charge in [-0.3, -0.25) is 9.97 Å². The van der Waals surface area contributed by atoms with Crippen molar-refractivity contribution in [2.24, 2.45) is 0 Å². The van der Waals surface area contributed by atoms with Crippen LogP contribution in [0.3, 0.4) is 0 Å². The van der Waals surface area contributed by atoms with Crippen LogP contribution in [0, 0.1) is 0 Å². The van der Waals surface area contributed by atoms with E-state index in [-0.39, 0.29) is 5.75 Å². The molecule has 2 heterocycles. The highest BCUT2D eigenvalue weighted by molar-refractivity contribution is 6.35. The number of pyridine rings is 2. The number of fused-ring (bicyclic) bond motifs is 2. The number of aromatic hydroxyl groups is 1. The number of phenols is 1. The van der Waals surface area contributed by atoms with Crippen molar-refractivity contribution in [3.05, 3.63) is 71.0 Å². The van der Waals surface area contributed by atoms with E-state index in [1.165, 1.54) is 0 Å². The van der Waals surface area contributed by atoms with Crippen molar-refractivity contribution in [3.8, 4) is 11.5 Å². The van der Waals surface area contributed by atoms with E-state index in [9.17, 15) is 0 Å². The van der Waals surface area contributed by atoms with Crippen LogP contribution in [0.1, 0.15) is 0 Å². The van der Waals surface area contributed by atoms with Gasteiger partial charge in [-0.15, -0.1) is 0 Å². The normalized spacial score (nSPS) is 10.4. The zero-order chi connectivity index (χ0) is 17.8. The third-order valence-corrected chi connectivity index (χ3v) is 4.23. The van der Waals surface area contributed by atoms with Crippen LogP contribution in [0.5, 0.6) is 11.5 Å². The van der Waals surface area contributed by atoms with Crippen molar-refractivity contribution in [2.75, 3.05) is 7.11 Å². The van der Waals surface area contributed by atoms with Crippen LogP contribution in [-0.2, 0) is 0 Å². The van der Waals surface area contributed by atoms with E-state index in [1.807, 2.05) is 18.2 Å². The van der Waals surface area contributed by atoms with Gasteiger partial charge in [0.05, 0.1) is 28.2 Å². The van der Waals surface area contributed by atoms with Crippen molar-refractivity contribution in [2.45, 2.75) is 0 Å². The molecule has 0 aliphatic heterocycles. The number of nitrogens with zero attached hydrogens (tertiary/aromatic N) is 2. The molecule has 4 nitrogen and oxygen atoms in total. The molecular formula is C19H14Cl2N2O2. The number of halogens is 2. The Bertz CT molecular complexity index is 1040. The first-order chi connectivity index (χ1) is 12.1. The number of ether oxygens (including phenoxy) is 1. The summed E-state index contributed by atoms with van der Waals surface area (Å²) in [5.74, 6) is 1.000. The number of hydrogen-bond acceptors (Lipinski definition) is 4. The fraction of sp³-hybridized carbons (Fsp3) is 0.0526. The lowest BCUT2D eigenvalue weighted by Gasteiger charge is -2.02. The van der Waals surface area contributed by atoms with E-state index < -0.39 is 0 Å². The summed E-state index contributed by atoms with van der Waals surface area (Å²) in [6.45, 7) is 0. The Morgan fingerprint density at radius 1 is 0.800 bits per heavy atom. The van der Waals surface area contributed by atoms with Gasteiger partial charge in [0.25, 0.3) is 0 Å². The first-order valence-electron chi connectivity index (χ1n) is 7.40. The van der Waals surface area contributed by atoms with Crippen LogP contribution in [0.15, 0.2) is 60.9 Å². The zero-order valence-electron chi connectivity index (χ0n) is 13.3. The quantitative estimate of drug-likeness (QED) is 0.479. The van der Waals surface area contributed by atoms with Crippen LogP contribution < -0.4 is 4.74 Å². The minimum Gasteiger partial charge on any atom is -0.508 e. The van der Waals surface area contributed by atoms with E-state index in [1.54, 1.807) is 49.8 Å². The van der Waals surface area contributed by atoms with Crippen LogP contribution >= 0.6 is 23.2 Å². The second-order valence-electron chi connectivity index (χ2n) is 5.17. The third-order valence-electron chi connectivity index (χ3n) is 3.57. The van der Waals surface area contributed by atoms with Gasteiger partial charge < -0.3 is 9.84 Å². The molecule has 4 aromatic rings. The lowest BCUT2D eigenvalue weighted by Crippen LogP contribution is -1.84. The molecule has 0 unspecified atom stereocenters. The van der Waals surface area contributed by atoms with E-state index >= 15 is 0 Å². The van der Waals surface area contributed by atoms with Gasteiger partial charge in [0.15, 0.2) is 0 Å². The van der Waals surface area contributed by atoms with Gasteiger partial charge in [-0.05, 0) is 48.5 Å². The second kappa shape index (κ2) is 7.55. The fourth-order valence-corrected chi connectivity index (χ4v) is 2.73. The van der Waals surface area contributed by atoms with Gasteiger partial charge in [0.2, 0.25) is 0 Å². The summed E-state index contributed by atoms with van der Waals surface area (Å²) >= 11 is 11.9. The summed E-state index contributed by atoms with van der Waals surface area (Å²) in [4.78, 5) is 8.27. The van der Waals surface area contributed by atoms with Crippen molar-refractivity contribution < 1.29 is 9.84 Å². The second-order valence-corrected chi connectivity index (χ2v) is 5.98. The molecule has 0 aliphatic carbocycles. The highest BCUT2D eigenvalue weighted by atomic mass is 35.5. The predicted molar refractivity (Wildman–Crippen MR) is 102 cm³/mol. The summed E-state index contributed by atoms with van der Waals surface area (Å²) in [6.07, 6.45) is 3.33. The smallest absolute Gasteiger partial charge is 0.119 e. The predicted octanol–water partition coefficient (Wildman–Crippen LogP) is 5.49. The largest absolute Gasteiger partial charge is 0.508 e. The van der Waals surface area contributed by atoms with Crippen LogP contribution in [0.2, 0.25) is 10.0 Å². The molecule has 2 aromatic carbocycles. The van der Waals surface area contributed by atoms with Gasteiger partial charge in [-0.25, -0.2) is 0 Å². The molecule has 4 rings (SSSR count). The van der Waals surface area contributed by atoms with E-state index in [0.29, 0.717) is 10.0 Å². The van der Waals surface area contributed by atoms with Gasteiger partial charge >= 0.3 is 0 Å². The SMILES string of the molecule is COc1ccc2nccc(Cl)c2c1.Oc1ccc2nccc(Cl)c2c1. The Balaban J connectivity index is 0.000000146. The maximum Gasteiger partial charge on any atom is 0.119 e. The number of aromatic nitrogens is 2. The van der Waals surface area contributed by atoms with Crippen LogP contribution in [-0.4, -0.2) is 22.2 Å². The average molecular weight is 373 g/mol. The number of hydrogen-bond donors (Lipinski definition) is 1. The fourth-order valence-electron chi connectivity index (χ4n) is 2.32. The minimum atomic E-state index is 0.206. The summed E-state index contributed by atoms with van der Waals surface area (Å²) in [6, 6.07) is 14.0. The molecule has 0 saturated heterocycles. The molecule has 6 heteroatoms. The van der Waals surface area contributed by atoms with Crippen LogP contribution in [0.4, 0.5) is 0 Å². The van der Waals surface area contributed by atoms with E-state index in [2.05, 4.69) is 9.97 Å². The summed E-state index contributed by atoms with van der Waals surface area (Å²) < 4.78 is 5.09. The van der Waals surface area contributed by atoms with Crippen molar-refractivity contribution in [1.82, 2.24) is 9.97 Å². The molecule has 0 saturated carbocycles. The zero-order valence-corrected chi connectivity index (χ0v) is 14.8.